The summed E-state index contributed by atoms with van der Waals surface area (Å²) in [4.78, 5) is 31.0. The number of fused-ring (bicyclic) bond motifs is 2. The quantitative estimate of drug-likeness (QED) is 0.0456. The van der Waals surface area contributed by atoms with Gasteiger partial charge in [-0.3, -0.25) is 9.59 Å². The van der Waals surface area contributed by atoms with Gasteiger partial charge in [-0.25, -0.2) is 0 Å². The first kappa shape index (κ1) is 84.9. The van der Waals surface area contributed by atoms with E-state index in [1.165, 1.54) is 189 Å². The Morgan fingerprint density at radius 3 is 1.20 bits per heavy atom. The lowest BCUT2D eigenvalue weighted by Crippen LogP contribution is -2.35. The molecule has 0 saturated heterocycles. The summed E-state index contributed by atoms with van der Waals surface area (Å²) in [5, 5.41) is 0. The normalized spacial score (nSPS) is 28.1. The molecule has 6 saturated carbocycles. The van der Waals surface area contributed by atoms with E-state index < -0.39 is 0 Å². The molecule has 0 heterocycles. The maximum Gasteiger partial charge on any atom is 0.136 e. The number of carbonyl (C=O) groups is 2. The van der Waals surface area contributed by atoms with Crippen molar-refractivity contribution in [2.24, 2.45) is 81.8 Å². The van der Waals surface area contributed by atoms with Crippen LogP contribution in [0.25, 0.3) is 0 Å². The van der Waals surface area contributed by atoms with Crippen LogP contribution in [0.1, 0.15) is 315 Å². The van der Waals surface area contributed by atoms with Crippen LogP contribution in [0, 0.1) is 81.8 Å². The lowest BCUT2D eigenvalue weighted by atomic mass is 9.61. The molecule has 0 aliphatic heterocycles. The number of carbonyl (C=O) groups excluding carboxylic acids is 2. The molecule has 536 valence electrons. The first-order valence-electron chi connectivity index (χ1n) is 39.2. The van der Waals surface area contributed by atoms with Crippen molar-refractivity contribution in [3.63, 3.8) is 0 Å². The summed E-state index contributed by atoms with van der Waals surface area (Å²) >= 11 is 0. The molecule has 0 aromatic carbocycles. The first-order chi connectivity index (χ1) is 44.0. The Hall–Kier alpha value is -3.34. The van der Waals surface area contributed by atoms with Gasteiger partial charge < -0.3 is 9.80 Å². The van der Waals surface area contributed by atoms with Gasteiger partial charge in [-0.15, -0.1) is 0 Å². The average molecular weight is 1300 g/mol. The molecular formula is C90H154N2O2. The van der Waals surface area contributed by atoms with Crippen LogP contribution in [0.3, 0.4) is 0 Å². The minimum Gasteiger partial charge on any atom is -0.309 e. The zero-order chi connectivity index (χ0) is 67.1. The lowest BCUT2D eigenvalue weighted by Gasteiger charge is -2.44. The largest absolute Gasteiger partial charge is 0.309 e. The topological polar surface area (TPSA) is 40.6 Å². The summed E-state index contributed by atoms with van der Waals surface area (Å²) in [6, 6.07) is 0. The minimum atomic E-state index is 0. The van der Waals surface area contributed by atoms with E-state index in [4.69, 9.17) is 0 Å². The smallest absolute Gasteiger partial charge is 0.136 e. The predicted molar refractivity (Wildman–Crippen MR) is 417 cm³/mol. The number of rotatable bonds is 38. The molecule has 94 heavy (non-hydrogen) atoms. The Balaban J connectivity index is 0.000000484. The van der Waals surface area contributed by atoms with Crippen molar-refractivity contribution < 1.29 is 9.59 Å². The molecule has 6 rings (SSSR count). The summed E-state index contributed by atoms with van der Waals surface area (Å²) in [6.07, 6.45) is 72.0. The molecule has 0 aromatic heterocycles. The molecular weight excluding hydrogens is 1140 g/mol. The third kappa shape index (κ3) is 28.5. The highest BCUT2D eigenvalue weighted by Crippen LogP contribution is 2.61. The molecule has 6 aliphatic rings. The highest BCUT2D eigenvalue weighted by atomic mass is 16.1. The summed E-state index contributed by atoms with van der Waals surface area (Å²) in [5.41, 5.74) is 9.41. The molecule has 0 radical (unpaired) electrons. The summed E-state index contributed by atoms with van der Waals surface area (Å²) in [5.74, 6) is 8.39. The van der Waals surface area contributed by atoms with E-state index in [-0.39, 0.29) is 26.7 Å². The molecule has 0 bridgehead atoms. The van der Waals surface area contributed by atoms with Crippen molar-refractivity contribution in [3.05, 3.63) is 120 Å². The van der Waals surface area contributed by atoms with Crippen molar-refractivity contribution in [3.8, 4) is 0 Å². The highest BCUT2D eigenvalue weighted by Gasteiger charge is 2.51. The van der Waals surface area contributed by atoms with Gasteiger partial charge in [-0.1, -0.05) is 250 Å². The number of nitrogens with zero attached hydrogens (tertiary/aromatic N) is 2. The first-order valence-corrected chi connectivity index (χ1v) is 39.2. The van der Waals surface area contributed by atoms with E-state index in [0.717, 1.165) is 88.9 Å². The maximum absolute atomic E-state index is 13.2. The third-order valence-electron chi connectivity index (χ3n) is 24.6. The van der Waals surface area contributed by atoms with Crippen LogP contribution in [-0.4, -0.2) is 62.6 Å². The van der Waals surface area contributed by atoms with E-state index in [9.17, 15) is 9.59 Å². The van der Waals surface area contributed by atoms with Crippen LogP contribution >= 0.6 is 0 Å². The van der Waals surface area contributed by atoms with Crippen LogP contribution in [0.4, 0.5) is 0 Å². The second-order valence-electron chi connectivity index (χ2n) is 32.9. The van der Waals surface area contributed by atoms with E-state index in [1.54, 1.807) is 11.1 Å². The monoisotopic (exact) mass is 1300 g/mol. The summed E-state index contributed by atoms with van der Waals surface area (Å²) < 4.78 is 0. The Labute approximate surface area is 585 Å². The molecule has 0 N–H and O–H groups in total. The third-order valence-corrected chi connectivity index (χ3v) is 24.6. The molecule has 0 amide bonds. The van der Waals surface area contributed by atoms with Crippen molar-refractivity contribution >= 4 is 11.6 Å². The van der Waals surface area contributed by atoms with Crippen molar-refractivity contribution in [1.82, 2.24) is 9.80 Å². The maximum atomic E-state index is 13.2. The van der Waals surface area contributed by atoms with Gasteiger partial charge in [0.2, 0.25) is 0 Å². The van der Waals surface area contributed by atoms with Gasteiger partial charge >= 0.3 is 0 Å². The van der Waals surface area contributed by atoms with Gasteiger partial charge in [-0.05, 0) is 283 Å². The second kappa shape index (κ2) is 45.4. The Bertz CT molecular complexity index is 2450. The van der Waals surface area contributed by atoms with Gasteiger partial charge in [0.05, 0.1) is 0 Å². The highest BCUT2D eigenvalue weighted by molar-refractivity contribution is 5.82. The zero-order valence-electron chi connectivity index (χ0n) is 62.9. The van der Waals surface area contributed by atoms with Crippen LogP contribution in [0.2, 0.25) is 0 Å². The van der Waals surface area contributed by atoms with Gasteiger partial charge in [0.15, 0.2) is 0 Å². The lowest BCUT2D eigenvalue weighted by molar-refractivity contribution is -0.124. The Morgan fingerprint density at radius 2 is 0.819 bits per heavy atom. The van der Waals surface area contributed by atoms with Crippen LogP contribution in [-0.2, 0) is 9.59 Å². The molecule has 6 aliphatic carbocycles. The van der Waals surface area contributed by atoms with Gasteiger partial charge in [0.25, 0.3) is 0 Å². The standard InChI is InChI=1S/C47H77NO.C41H69NO.2CH4/c1-37(2)38(3)26-27-40(5)44-32-33-45-41(24-23-34-47(44,45)6)30-31-42-36-43(29-28-39(42)4)46(49)25-21-19-17-15-13-11-9-10-12-14-16-18-20-22-35-48(7)8;1-31(2)32(3)20-21-34(5)38-26-27-39-35(18-17-28-41(38,39)6)24-25-36-30-37(23-22-33(36)4)40(43)19-15-13-11-9-10-12-14-16-29-42(7)8;;/h9,11-12,14,26-27,30-31,37-38,40,43-45H,4,10,13,15-25,28-29,32-36H2,1-3,5-8H3;20-21,24-25,31-32,34,37-39H,4,9-19,22-23,26-30H2,1-3,5-8H3;2*1H4/b11-9+,14-12-,27-26+,41-30+,42-31+;21-20+,35-24+,36-25+;;/t38-,40+,43-,44+,45?,47+;32-,34+,37-,38+,39?,41+;;/m00../s1. The number of Topliss-reactive ketones (excluding diaryl/α,β-unsaturated/α-hetero) is 2. The number of ketones is 2. The van der Waals surface area contributed by atoms with Gasteiger partial charge in [0, 0.05) is 24.7 Å². The van der Waals surface area contributed by atoms with Crippen LogP contribution in [0.15, 0.2) is 120 Å². The number of unbranched alkanes of at least 4 members (excludes halogenated alkanes) is 14. The second-order valence-corrected chi connectivity index (χ2v) is 32.9. The molecule has 0 spiro atoms. The Morgan fingerprint density at radius 1 is 0.457 bits per heavy atom. The van der Waals surface area contributed by atoms with Gasteiger partial charge in [-0.2, -0.15) is 0 Å². The fourth-order valence-electron chi connectivity index (χ4n) is 17.6. The molecule has 2 unspecified atom stereocenters. The number of hydrogen-bond acceptors (Lipinski definition) is 4. The molecule has 6 fully saturated rings. The van der Waals surface area contributed by atoms with Crippen molar-refractivity contribution in [1.29, 1.82) is 0 Å². The van der Waals surface area contributed by atoms with E-state index in [1.807, 2.05) is 0 Å². The van der Waals surface area contributed by atoms with Crippen LogP contribution < -0.4 is 0 Å². The average Bonchev–Trinajstić information content (AvgIpc) is 1.59. The number of allylic oxidation sites excluding steroid dienone is 18. The van der Waals surface area contributed by atoms with Crippen LogP contribution in [0.5, 0.6) is 0 Å². The van der Waals surface area contributed by atoms with E-state index >= 15 is 0 Å². The SMILES string of the molecule is C.C.C=C1CC[C@H](C(=O)CCCCCC/C=C/C/C=C\CCCCCN(C)C)C/C1=C\C=C1/CCC[C@@]2(C)C1CC[C@@H]2[C@H](C)/C=C/[C@H](C)C(C)C.C=C1CC[C@H](C(=O)CCCCCCCCCCN(C)C)C/C1=C\C=C1/CCC[C@@]2(C)C1CC[C@@H]2[C@H](C)/C=C/[C@H](C)C(C)C. The Kier molecular flexibility index (Phi) is 41.0. The number of hydrogen-bond donors (Lipinski definition) is 0. The van der Waals surface area contributed by atoms with E-state index in [0.29, 0.717) is 69.7 Å². The van der Waals surface area contributed by atoms with Crippen molar-refractivity contribution in [2.75, 3.05) is 41.3 Å². The fraction of sp³-hybridized carbons (Fsp3) is 0.756. The molecule has 4 nitrogen and oxygen atoms in total. The van der Waals surface area contributed by atoms with Gasteiger partial charge in [0.1, 0.15) is 11.6 Å². The predicted octanol–water partition coefficient (Wildman–Crippen LogP) is 26.2. The molecule has 0 aromatic rings. The minimum absolute atomic E-state index is 0. The molecule has 12 atom stereocenters. The molecule has 4 heteroatoms. The summed E-state index contributed by atoms with van der Waals surface area (Å²) in [6.45, 7) is 35.5. The van der Waals surface area contributed by atoms with Crippen molar-refractivity contribution in [2.45, 2.75) is 315 Å². The van der Waals surface area contributed by atoms with E-state index in [2.05, 4.69) is 193 Å². The summed E-state index contributed by atoms with van der Waals surface area (Å²) in [7, 11) is 8.62. The fourth-order valence-corrected chi connectivity index (χ4v) is 17.6. The zero-order valence-corrected chi connectivity index (χ0v) is 62.9.